The molecule has 1 aromatic carbocycles. The van der Waals surface area contributed by atoms with E-state index in [0.29, 0.717) is 13.2 Å². The number of non-ortho nitro benzene ring substituents is 1. The van der Waals surface area contributed by atoms with Crippen LogP contribution in [0.15, 0.2) is 24.3 Å². The number of hydrogen-bond acceptors (Lipinski definition) is 4. The summed E-state index contributed by atoms with van der Waals surface area (Å²) >= 11 is 0. The monoisotopic (exact) mass is 278 g/mol. The van der Waals surface area contributed by atoms with Gasteiger partial charge in [-0.05, 0) is 19.4 Å². The average molecular weight is 278 g/mol. The first-order chi connectivity index (χ1) is 9.49. The van der Waals surface area contributed by atoms with Crippen molar-refractivity contribution >= 4 is 11.6 Å². The molecule has 0 aromatic heterocycles. The molecule has 6 nitrogen and oxygen atoms in total. The molecular formula is C14H18N2O4. The summed E-state index contributed by atoms with van der Waals surface area (Å²) in [6.45, 7) is 5.03. The van der Waals surface area contributed by atoms with E-state index >= 15 is 0 Å². The molecule has 6 heteroatoms. The van der Waals surface area contributed by atoms with Gasteiger partial charge in [0.15, 0.2) is 0 Å². The fourth-order valence-corrected chi connectivity index (χ4v) is 2.50. The second-order valence-electron chi connectivity index (χ2n) is 5.14. The summed E-state index contributed by atoms with van der Waals surface area (Å²) < 4.78 is 5.40. The van der Waals surface area contributed by atoms with Gasteiger partial charge < -0.3 is 9.64 Å². The zero-order chi connectivity index (χ0) is 14.7. The summed E-state index contributed by atoms with van der Waals surface area (Å²) in [5, 5.41) is 10.6. The van der Waals surface area contributed by atoms with E-state index in [1.54, 1.807) is 12.1 Å². The third-order valence-corrected chi connectivity index (χ3v) is 3.46. The van der Waals surface area contributed by atoms with E-state index in [9.17, 15) is 14.9 Å². The van der Waals surface area contributed by atoms with Crippen molar-refractivity contribution in [2.45, 2.75) is 32.4 Å². The molecule has 1 aliphatic heterocycles. The fourth-order valence-electron chi connectivity index (χ4n) is 2.50. The largest absolute Gasteiger partial charge is 0.377 e. The maximum absolute atomic E-state index is 12.3. The molecule has 0 unspecified atom stereocenters. The van der Waals surface area contributed by atoms with Crippen molar-refractivity contribution in [3.8, 4) is 0 Å². The first kappa shape index (κ1) is 14.5. The van der Waals surface area contributed by atoms with Crippen LogP contribution in [-0.4, -0.2) is 41.0 Å². The standard InChI is InChI=1S/C14H18N2O4/c1-10-8-20-9-11(2)15(10)14(17)7-12-3-5-13(6-4-12)16(18)19/h3-6,10-11H,7-9H2,1-2H3/t10-,11-/m0/s1. The number of nitro groups is 1. The fraction of sp³-hybridized carbons (Fsp3) is 0.500. The van der Waals surface area contributed by atoms with Gasteiger partial charge in [0, 0.05) is 12.1 Å². The highest BCUT2D eigenvalue weighted by molar-refractivity contribution is 5.79. The first-order valence-corrected chi connectivity index (χ1v) is 6.61. The topological polar surface area (TPSA) is 72.7 Å². The van der Waals surface area contributed by atoms with Crippen molar-refractivity contribution in [2.24, 2.45) is 0 Å². The zero-order valence-electron chi connectivity index (χ0n) is 11.6. The summed E-state index contributed by atoms with van der Waals surface area (Å²) in [5.41, 5.74) is 0.820. The second-order valence-corrected chi connectivity index (χ2v) is 5.14. The van der Waals surface area contributed by atoms with Crippen LogP contribution in [-0.2, 0) is 16.0 Å². The molecule has 1 heterocycles. The second kappa shape index (κ2) is 6.00. The number of amides is 1. The average Bonchev–Trinajstić information content (AvgIpc) is 2.39. The van der Waals surface area contributed by atoms with Crippen LogP contribution in [0, 0.1) is 10.1 Å². The molecule has 0 radical (unpaired) electrons. The molecule has 0 N–H and O–H groups in total. The molecule has 1 fully saturated rings. The molecule has 1 amide bonds. The highest BCUT2D eigenvalue weighted by Crippen LogP contribution is 2.17. The number of carbonyl (C=O) groups excluding carboxylic acids is 1. The Morgan fingerprint density at radius 3 is 2.35 bits per heavy atom. The van der Waals surface area contributed by atoms with Crippen LogP contribution >= 0.6 is 0 Å². The number of hydrogen-bond donors (Lipinski definition) is 0. The van der Waals surface area contributed by atoms with Gasteiger partial charge in [0.1, 0.15) is 0 Å². The number of rotatable bonds is 3. The van der Waals surface area contributed by atoms with Gasteiger partial charge >= 0.3 is 0 Å². The van der Waals surface area contributed by atoms with Crippen molar-refractivity contribution in [3.05, 3.63) is 39.9 Å². The highest BCUT2D eigenvalue weighted by atomic mass is 16.6. The van der Waals surface area contributed by atoms with E-state index in [2.05, 4.69) is 0 Å². The van der Waals surface area contributed by atoms with Crippen LogP contribution in [0.2, 0.25) is 0 Å². The lowest BCUT2D eigenvalue weighted by Gasteiger charge is -2.38. The number of carbonyl (C=O) groups is 1. The van der Waals surface area contributed by atoms with Crippen LogP contribution in [0.1, 0.15) is 19.4 Å². The molecule has 20 heavy (non-hydrogen) atoms. The Bertz CT molecular complexity index is 490. The minimum absolute atomic E-state index is 0.0298. The van der Waals surface area contributed by atoms with Gasteiger partial charge in [-0.15, -0.1) is 0 Å². The lowest BCUT2D eigenvalue weighted by atomic mass is 10.1. The highest BCUT2D eigenvalue weighted by Gasteiger charge is 2.29. The van der Waals surface area contributed by atoms with E-state index in [4.69, 9.17) is 4.74 Å². The van der Waals surface area contributed by atoms with Gasteiger partial charge in [-0.2, -0.15) is 0 Å². The minimum Gasteiger partial charge on any atom is -0.377 e. The Kier molecular flexibility index (Phi) is 4.34. The molecule has 2 rings (SSSR count). The summed E-state index contributed by atoms with van der Waals surface area (Å²) in [6, 6.07) is 6.23. The van der Waals surface area contributed by atoms with Crippen molar-refractivity contribution in [1.82, 2.24) is 4.90 Å². The van der Waals surface area contributed by atoms with E-state index in [0.717, 1.165) is 5.56 Å². The van der Waals surface area contributed by atoms with Crippen LogP contribution in [0.25, 0.3) is 0 Å². The Morgan fingerprint density at radius 2 is 1.85 bits per heavy atom. The van der Waals surface area contributed by atoms with Crippen LogP contribution in [0.4, 0.5) is 5.69 Å². The quantitative estimate of drug-likeness (QED) is 0.624. The summed E-state index contributed by atoms with van der Waals surface area (Å²) in [4.78, 5) is 24.3. The predicted molar refractivity (Wildman–Crippen MR) is 73.4 cm³/mol. The molecule has 1 aromatic rings. The van der Waals surface area contributed by atoms with Crippen molar-refractivity contribution in [2.75, 3.05) is 13.2 Å². The molecule has 2 atom stereocenters. The lowest BCUT2D eigenvalue weighted by Crippen LogP contribution is -2.53. The predicted octanol–water partition coefficient (Wildman–Crippen LogP) is 1.77. The zero-order valence-corrected chi connectivity index (χ0v) is 11.6. The summed E-state index contributed by atoms with van der Waals surface area (Å²) in [7, 11) is 0. The molecule has 0 saturated carbocycles. The van der Waals surface area contributed by atoms with Gasteiger partial charge in [-0.1, -0.05) is 12.1 Å². The Labute approximate surface area is 117 Å². The molecular weight excluding hydrogens is 260 g/mol. The van der Waals surface area contributed by atoms with Gasteiger partial charge in [0.25, 0.3) is 5.69 Å². The molecule has 1 saturated heterocycles. The van der Waals surface area contributed by atoms with Crippen molar-refractivity contribution < 1.29 is 14.5 Å². The molecule has 0 aliphatic carbocycles. The Hall–Kier alpha value is -1.95. The molecule has 108 valence electrons. The van der Waals surface area contributed by atoms with Crippen molar-refractivity contribution in [3.63, 3.8) is 0 Å². The minimum atomic E-state index is -0.447. The number of morpholine rings is 1. The normalized spacial score (nSPS) is 22.6. The van der Waals surface area contributed by atoms with Crippen molar-refractivity contribution in [1.29, 1.82) is 0 Å². The SMILES string of the molecule is C[C@H]1COC[C@H](C)N1C(=O)Cc1ccc([N+](=O)[O-])cc1. The van der Waals surface area contributed by atoms with Crippen LogP contribution < -0.4 is 0 Å². The van der Waals surface area contributed by atoms with E-state index < -0.39 is 4.92 Å². The summed E-state index contributed by atoms with van der Waals surface area (Å²) in [6.07, 6.45) is 0.257. The first-order valence-electron chi connectivity index (χ1n) is 6.61. The van der Waals surface area contributed by atoms with Gasteiger partial charge in [0.05, 0.1) is 36.6 Å². The van der Waals surface area contributed by atoms with Gasteiger partial charge in [-0.25, -0.2) is 0 Å². The number of benzene rings is 1. The Balaban J connectivity index is 2.05. The smallest absolute Gasteiger partial charge is 0.269 e. The lowest BCUT2D eigenvalue weighted by molar-refractivity contribution is -0.384. The number of nitrogens with zero attached hydrogens (tertiary/aromatic N) is 2. The van der Waals surface area contributed by atoms with Gasteiger partial charge in [-0.3, -0.25) is 14.9 Å². The van der Waals surface area contributed by atoms with E-state index in [-0.39, 0.29) is 30.1 Å². The van der Waals surface area contributed by atoms with Gasteiger partial charge in [0.2, 0.25) is 5.91 Å². The van der Waals surface area contributed by atoms with Crippen LogP contribution in [0.5, 0.6) is 0 Å². The molecule has 0 spiro atoms. The van der Waals surface area contributed by atoms with E-state index in [1.165, 1.54) is 12.1 Å². The van der Waals surface area contributed by atoms with Crippen LogP contribution in [0.3, 0.4) is 0 Å². The Morgan fingerprint density at radius 1 is 1.30 bits per heavy atom. The molecule has 0 bridgehead atoms. The third-order valence-electron chi connectivity index (χ3n) is 3.46. The summed E-state index contributed by atoms with van der Waals surface area (Å²) in [5.74, 6) is 0.0298. The number of ether oxygens (including phenoxy) is 1. The number of nitro benzene ring substituents is 1. The maximum atomic E-state index is 12.3. The molecule has 1 aliphatic rings. The third kappa shape index (κ3) is 3.14. The maximum Gasteiger partial charge on any atom is 0.269 e. The van der Waals surface area contributed by atoms with E-state index in [1.807, 2.05) is 18.7 Å².